The average molecular weight is 272 g/mol. The van der Waals surface area contributed by atoms with Crippen molar-refractivity contribution in [2.45, 2.75) is 13.3 Å². The summed E-state index contributed by atoms with van der Waals surface area (Å²) in [6.45, 7) is 2.15. The van der Waals surface area contributed by atoms with Crippen LogP contribution < -0.4 is 0 Å². The van der Waals surface area contributed by atoms with E-state index >= 15 is 0 Å². The second-order valence-corrected chi connectivity index (χ2v) is 5.45. The topological polar surface area (TPSA) is 28.7 Å². The van der Waals surface area contributed by atoms with Crippen molar-refractivity contribution >= 4 is 21.8 Å². The standard InChI is InChI=1S/C19H16N2/c1-13-6-2-3-7-14(13)12-18-19-16(10-11-20-18)15-8-4-5-9-17(15)21-19/h2-11,21H,12H2,1H3. The van der Waals surface area contributed by atoms with E-state index in [1.54, 1.807) is 0 Å². The molecule has 21 heavy (non-hydrogen) atoms. The SMILES string of the molecule is Cc1ccccc1Cc1nccc2c1[nH]c1ccccc12. The fraction of sp³-hybridized carbons (Fsp3) is 0.105. The van der Waals surface area contributed by atoms with Gasteiger partial charge in [-0.05, 0) is 30.2 Å². The third kappa shape index (κ3) is 2.00. The van der Waals surface area contributed by atoms with Gasteiger partial charge in [-0.1, -0.05) is 42.5 Å². The first-order valence-corrected chi connectivity index (χ1v) is 7.22. The minimum absolute atomic E-state index is 0.858. The van der Waals surface area contributed by atoms with Crippen LogP contribution in [0.5, 0.6) is 0 Å². The van der Waals surface area contributed by atoms with Crippen LogP contribution in [0, 0.1) is 6.92 Å². The van der Waals surface area contributed by atoms with Crippen LogP contribution in [-0.2, 0) is 6.42 Å². The summed E-state index contributed by atoms with van der Waals surface area (Å²) >= 11 is 0. The summed E-state index contributed by atoms with van der Waals surface area (Å²) in [6.07, 6.45) is 2.77. The van der Waals surface area contributed by atoms with E-state index in [0.29, 0.717) is 0 Å². The van der Waals surface area contributed by atoms with Gasteiger partial charge in [0.2, 0.25) is 0 Å². The number of pyridine rings is 1. The van der Waals surface area contributed by atoms with Gasteiger partial charge in [-0.3, -0.25) is 4.98 Å². The van der Waals surface area contributed by atoms with Gasteiger partial charge in [-0.2, -0.15) is 0 Å². The largest absolute Gasteiger partial charge is 0.353 e. The van der Waals surface area contributed by atoms with E-state index in [-0.39, 0.29) is 0 Å². The number of aryl methyl sites for hydroxylation is 1. The third-order valence-electron chi connectivity index (χ3n) is 4.13. The molecule has 102 valence electrons. The van der Waals surface area contributed by atoms with Crippen molar-refractivity contribution in [1.82, 2.24) is 9.97 Å². The number of aromatic nitrogens is 2. The predicted octanol–water partition coefficient (Wildman–Crippen LogP) is 4.62. The summed E-state index contributed by atoms with van der Waals surface area (Å²) in [6, 6.07) is 19.0. The molecule has 2 heterocycles. The number of benzene rings is 2. The molecule has 2 nitrogen and oxygen atoms in total. The number of hydrogen-bond donors (Lipinski definition) is 1. The molecular formula is C19H16N2. The van der Waals surface area contributed by atoms with Crippen LogP contribution >= 0.6 is 0 Å². The van der Waals surface area contributed by atoms with Crippen molar-refractivity contribution in [3.8, 4) is 0 Å². The fourth-order valence-electron chi connectivity index (χ4n) is 2.95. The molecule has 0 aliphatic carbocycles. The molecule has 0 radical (unpaired) electrons. The molecule has 0 atom stereocenters. The number of nitrogens with zero attached hydrogens (tertiary/aromatic N) is 1. The summed E-state index contributed by atoms with van der Waals surface area (Å²) in [4.78, 5) is 8.13. The molecule has 0 saturated heterocycles. The maximum absolute atomic E-state index is 4.61. The summed E-state index contributed by atoms with van der Waals surface area (Å²) in [5.41, 5.74) is 6.08. The van der Waals surface area contributed by atoms with Gasteiger partial charge in [-0.25, -0.2) is 0 Å². The molecule has 4 rings (SSSR count). The zero-order valence-electron chi connectivity index (χ0n) is 11.9. The molecule has 1 N–H and O–H groups in total. The summed E-state index contributed by atoms with van der Waals surface area (Å²) in [7, 11) is 0. The molecule has 4 aromatic rings. The zero-order valence-corrected chi connectivity index (χ0v) is 11.9. The van der Waals surface area contributed by atoms with Crippen molar-refractivity contribution in [2.75, 3.05) is 0 Å². The quantitative estimate of drug-likeness (QED) is 0.567. The maximum atomic E-state index is 4.61. The van der Waals surface area contributed by atoms with Gasteiger partial charge in [0, 0.05) is 28.9 Å². The van der Waals surface area contributed by atoms with Crippen molar-refractivity contribution < 1.29 is 0 Å². The highest BCUT2D eigenvalue weighted by atomic mass is 14.8. The number of H-pyrrole nitrogens is 1. The number of hydrogen-bond acceptors (Lipinski definition) is 1. The van der Waals surface area contributed by atoms with Gasteiger partial charge >= 0.3 is 0 Å². The number of nitrogens with one attached hydrogen (secondary N) is 1. The van der Waals surface area contributed by atoms with Crippen LogP contribution in [0.4, 0.5) is 0 Å². The molecule has 0 bridgehead atoms. The highest BCUT2D eigenvalue weighted by Crippen LogP contribution is 2.27. The molecule has 0 spiro atoms. The van der Waals surface area contributed by atoms with Gasteiger partial charge in [-0.15, -0.1) is 0 Å². The average Bonchev–Trinajstić information content (AvgIpc) is 2.89. The van der Waals surface area contributed by atoms with E-state index in [1.807, 2.05) is 6.20 Å². The summed E-state index contributed by atoms with van der Waals surface area (Å²) in [5.74, 6) is 0. The van der Waals surface area contributed by atoms with Crippen LogP contribution in [-0.4, -0.2) is 9.97 Å². The molecule has 0 aliphatic heterocycles. The fourth-order valence-corrected chi connectivity index (χ4v) is 2.95. The second-order valence-electron chi connectivity index (χ2n) is 5.45. The second kappa shape index (κ2) is 4.74. The minimum atomic E-state index is 0.858. The number of fused-ring (bicyclic) bond motifs is 3. The molecular weight excluding hydrogens is 256 g/mol. The van der Waals surface area contributed by atoms with Crippen LogP contribution in [0.1, 0.15) is 16.8 Å². The van der Waals surface area contributed by atoms with E-state index in [1.165, 1.54) is 27.4 Å². The van der Waals surface area contributed by atoms with Crippen LogP contribution in [0.25, 0.3) is 21.8 Å². The maximum Gasteiger partial charge on any atom is 0.0688 e. The smallest absolute Gasteiger partial charge is 0.0688 e. The Morgan fingerprint density at radius 3 is 2.62 bits per heavy atom. The number of aromatic amines is 1. The van der Waals surface area contributed by atoms with Gasteiger partial charge in [0.05, 0.1) is 11.2 Å². The van der Waals surface area contributed by atoms with Crippen molar-refractivity contribution in [3.05, 3.63) is 77.6 Å². The monoisotopic (exact) mass is 272 g/mol. The Bertz CT molecular complexity index is 935. The Kier molecular flexibility index (Phi) is 2.74. The first kappa shape index (κ1) is 12.2. The van der Waals surface area contributed by atoms with Gasteiger partial charge in [0.15, 0.2) is 0 Å². The van der Waals surface area contributed by atoms with Gasteiger partial charge in [0.1, 0.15) is 0 Å². The highest BCUT2D eigenvalue weighted by Gasteiger charge is 2.10. The van der Waals surface area contributed by atoms with Crippen molar-refractivity contribution in [2.24, 2.45) is 0 Å². The number of para-hydroxylation sites is 1. The van der Waals surface area contributed by atoms with Crippen LogP contribution in [0.15, 0.2) is 60.8 Å². The van der Waals surface area contributed by atoms with E-state index in [0.717, 1.165) is 17.6 Å². The van der Waals surface area contributed by atoms with Gasteiger partial charge in [0.25, 0.3) is 0 Å². The molecule has 0 fully saturated rings. The molecule has 0 saturated carbocycles. The molecule has 2 aromatic heterocycles. The molecule has 2 aromatic carbocycles. The lowest BCUT2D eigenvalue weighted by Gasteiger charge is -2.06. The highest BCUT2D eigenvalue weighted by molar-refractivity contribution is 6.07. The number of rotatable bonds is 2. The molecule has 0 aliphatic rings. The Hall–Kier alpha value is -2.61. The Labute approximate surface area is 123 Å². The Morgan fingerprint density at radius 2 is 1.71 bits per heavy atom. The third-order valence-corrected chi connectivity index (χ3v) is 4.13. The minimum Gasteiger partial charge on any atom is -0.353 e. The van der Waals surface area contributed by atoms with E-state index in [2.05, 4.69) is 71.5 Å². The lowest BCUT2D eigenvalue weighted by Crippen LogP contribution is -1.95. The lowest BCUT2D eigenvalue weighted by molar-refractivity contribution is 1.07. The lowest BCUT2D eigenvalue weighted by atomic mass is 10.0. The molecule has 0 amide bonds. The van der Waals surface area contributed by atoms with Crippen LogP contribution in [0.3, 0.4) is 0 Å². The summed E-state index contributed by atoms with van der Waals surface area (Å²) in [5, 5.41) is 2.52. The molecule has 2 heteroatoms. The van der Waals surface area contributed by atoms with Crippen molar-refractivity contribution in [3.63, 3.8) is 0 Å². The van der Waals surface area contributed by atoms with E-state index < -0.39 is 0 Å². The van der Waals surface area contributed by atoms with Gasteiger partial charge < -0.3 is 4.98 Å². The first-order valence-electron chi connectivity index (χ1n) is 7.22. The zero-order chi connectivity index (χ0) is 14.2. The Balaban J connectivity index is 1.91. The first-order chi connectivity index (χ1) is 10.3. The van der Waals surface area contributed by atoms with Crippen molar-refractivity contribution in [1.29, 1.82) is 0 Å². The van der Waals surface area contributed by atoms with E-state index in [9.17, 15) is 0 Å². The normalized spacial score (nSPS) is 11.3. The Morgan fingerprint density at radius 1 is 0.905 bits per heavy atom. The molecule has 0 unspecified atom stereocenters. The van der Waals surface area contributed by atoms with Crippen LogP contribution in [0.2, 0.25) is 0 Å². The summed E-state index contributed by atoms with van der Waals surface area (Å²) < 4.78 is 0. The predicted molar refractivity (Wildman–Crippen MR) is 87.6 cm³/mol. The van der Waals surface area contributed by atoms with E-state index in [4.69, 9.17) is 0 Å².